The van der Waals surface area contributed by atoms with Crippen LogP contribution in [0.15, 0.2) is 42.5 Å². The summed E-state index contributed by atoms with van der Waals surface area (Å²) in [6.07, 6.45) is 1.79. The van der Waals surface area contributed by atoms with Crippen molar-refractivity contribution in [3.05, 3.63) is 64.7 Å². The average Bonchev–Trinajstić information content (AvgIpc) is 2.72. The van der Waals surface area contributed by atoms with Crippen LogP contribution in [0.25, 0.3) is 0 Å². The summed E-state index contributed by atoms with van der Waals surface area (Å²) in [6.45, 7) is 5.16. The van der Waals surface area contributed by atoms with Crippen molar-refractivity contribution in [1.29, 1.82) is 0 Å². The number of carboxylic acids is 1. The van der Waals surface area contributed by atoms with E-state index >= 15 is 0 Å². The van der Waals surface area contributed by atoms with Gasteiger partial charge in [0.15, 0.2) is 6.61 Å². The number of carbonyl (C=O) groups is 2. The molecule has 1 aliphatic rings. The largest absolute Gasteiger partial charge is 0.481 e. The van der Waals surface area contributed by atoms with Crippen LogP contribution in [0.2, 0.25) is 0 Å². The molecule has 0 saturated carbocycles. The Morgan fingerprint density at radius 1 is 1.07 bits per heavy atom. The van der Waals surface area contributed by atoms with E-state index < -0.39 is 12.6 Å². The monoisotopic (exact) mass is 397 g/mol. The number of hydrogen-bond acceptors (Lipinski definition) is 4. The number of likely N-dealkylation sites (tertiary alicyclic amines) is 1. The highest BCUT2D eigenvalue weighted by Gasteiger charge is 2.25. The highest BCUT2D eigenvalue weighted by Crippen LogP contribution is 2.26. The molecule has 0 aromatic heterocycles. The Morgan fingerprint density at radius 3 is 2.28 bits per heavy atom. The topological polar surface area (TPSA) is 76.1 Å². The highest BCUT2D eigenvalue weighted by atomic mass is 16.5. The number of aliphatic carboxylic acids is 1. The number of carbonyl (C=O) groups excluding carboxylic acids is 1. The molecular formula is C23H27NO5. The molecule has 1 aliphatic heterocycles. The first-order valence-corrected chi connectivity index (χ1v) is 9.84. The molecule has 2 aromatic rings. The standard InChI is InChI=1S/C23H27NO5/c1-16-12-19(13-17(2)22(16)29-15-21(25)26)23(27)24-10-8-20(9-11-24)28-14-18-6-4-3-5-7-18/h3-7,12-13,20H,8-11,14-15H2,1-2H3,(H,25,26). The van der Waals surface area contributed by atoms with Crippen molar-refractivity contribution in [3.8, 4) is 5.75 Å². The lowest BCUT2D eigenvalue weighted by Gasteiger charge is -2.32. The molecule has 6 nitrogen and oxygen atoms in total. The summed E-state index contributed by atoms with van der Waals surface area (Å²) in [5, 5.41) is 8.80. The Kier molecular flexibility index (Phi) is 6.88. The van der Waals surface area contributed by atoms with Crippen LogP contribution in [0.4, 0.5) is 0 Å². The van der Waals surface area contributed by atoms with Crippen LogP contribution in [-0.4, -0.2) is 47.7 Å². The number of carboxylic acid groups (broad SMARTS) is 1. The number of rotatable bonds is 7. The third-order valence-corrected chi connectivity index (χ3v) is 5.10. The van der Waals surface area contributed by atoms with E-state index in [2.05, 4.69) is 0 Å². The first-order chi connectivity index (χ1) is 13.9. The minimum atomic E-state index is -1.03. The van der Waals surface area contributed by atoms with E-state index in [-0.39, 0.29) is 12.0 Å². The quantitative estimate of drug-likeness (QED) is 0.773. The molecule has 0 aliphatic carbocycles. The van der Waals surface area contributed by atoms with Gasteiger partial charge in [-0.15, -0.1) is 0 Å². The predicted octanol–water partition coefficient (Wildman–Crippen LogP) is 3.59. The zero-order valence-corrected chi connectivity index (χ0v) is 16.9. The fourth-order valence-corrected chi connectivity index (χ4v) is 3.63. The Bertz CT molecular complexity index is 834. The average molecular weight is 397 g/mol. The van der Waals surface area contributed by atoms with Gasteiger partial charge in [0.05, 0.1) is 12.7 Å². The molecule has 0 atom stereocenters. The van der Waals surface area contributed by atoms with E-state index in [1.807, 2.05) is 49.1 Å². The molecule has 2 aromatic carbocycles. The molecule has 3 rings (SSSR count). The molecule has 0 unspecified atom stereocenters. The van der Waals surface area contributed by atoms with E-state index in [1.54, 1.807) is 12.1 Å². The number of aryl methyl sites for hydroxylation is 2. The van der Waals surface area contributed by atoms with Gasteiger partial charge in [0.2, 0.25) is 0 Å². The molecule has 1 amide bonds. The number of ether oxygens (including phenoxy) is 2. The van der Waals surface area contributed by atoms with Crippen molar-refractivity contribution in [1.82, 2.24) is 4.90 Å². The van der Waals surface area contributed by atoms with Crippen molar-refractivity contribution < 1.29 is 24.2 Å². The van der Waals surface area contributed by atoms with Crippen molar-refractivity contribution in [2.45, 2.75) is 39.4 Å². The maximum Gasteiger partial charge on any atom is 0.341 e. The zero-order chi connectivity index (χ0) is 20.8. The number of amides is 1. The van der Waals surface area contributed by atoms with Gasteiger partial charge in [-0.1, -0.05) is 30.3 Å². The minimum Gasteiger partial charge on any atom is -0.481 e. The fraction of sp³-hybridized carbons (Fsp3) is 0.391. The van der Waals surface area contributed by atoms with Crippen molar-refractivity contribution in [2.75, 3.05) is 19.7 Å². The smallest absolute Gasteiger partial charge is 0.341 e. The van der Waals surface area contributed by atoms with E-state index in [0.29, 0.717) is 31.0 Å². The number of benzene rings is 2. The molecule has 29 heavy (non-hydrogen) atoms. The van der Waals surface area contributed by atoms with E-state index in [9.17, 15) is 9.59 Å². The molecule has 1 fully saturated rings. The maximum atomic E-state index is 12.9. The van der Waals surface area contributed by atoms with Gasteiger partial charge < -0.3 is 19.5 Å². The fourth-order valence-electron chi connectivity index (χ4n) is 3.63. The number of hydrogen-bond donors (Lipinski definition) is 1. The minimum absolute atomic E-state index is 0.0116. The summed E-state index contributed by atoms with van der Waals surface area (Å²) in [6, 6.07) is 13.6. The van der Waals surface area contributed by atoms with Crippen molar-refractivity contribution in [3.63, 3.8) is 0 Å². The lowest BCUT2D eigenvalue weighted by molar-refractivity contribution is -0.139. The first kappa shape index (κ1) is 20.9. The van der Waals surface area contributed by atoms with Crippen LogP contribution in [0, 0.1) is 13.8 Å². The summed E-state index contributed by atoms with van der Waals surface area (Å²) < 4.78 is 11.3. The van der Waals surface area contributed by atoms with Crippen LogP contribution in [-0.2, 0) is 16.1 Å². The van der Waals surface area contributed by atoms with Gasteiger partial charge in [-0.2, -0.15) is 0 Å². The number of nitrogens with zero attached hydrogens (tertiary/aromatic N) is 1. The second kappa shape index (κ2) is 9.56. The molecule has 0 bridgehead atoms. The Morgan fingerprint density at radius 2 is 1.69 bits per heavy atom. The van der Waals surface area contributed by atoms with Gasteiger partial charge in [-0.25, -0.2) is 4.79 Å². The van der Waals surface area contributed by atoms with Crippen LogP contribution in [0.3, 0.4) is 0 Å². The normalized spacial score (nSPS) is 14.6. The molecule has 0 spiro atoms. The van der Waals surface area contributed by atoms with Gasteiger partial charge >= 0.3 is 5.97 Å². The molecule has 154 valence electrons. The summed E-state index contributed by atoms with van der Waals surface area (Å²) in [4.78, 5) is 25.5. The van der Waals surface area contributed by atoms with E-state index in [1.165, 1.54) is 0 Å². The summed E-state index contributed by atoms with van der Waals surface area (Å²) in [5.41, 5.74) is 3.28. The predicted molar refractivity (Wildman–Crippen MR) is 109 cm³/mol. The molecule has 1 heterocycles. The van der Waals surface area contributed by atoms with Gasteiger partial charge in [0, 0.05) is 18.7 Å². The lowest BCUT2D eigenvalue weighted by Crippen LogP contribution is -2.40. The maximum absolute atomic E-state index is 12.9. The van der Waals surface area contributed by atoms with Gasteiger partial charge in [-0.05, 0) is 55.5 Å². The SMILES string of the molecule is Cc1cc(C(=O)N2CCC(OCc3ccccc3)CC2)cc(C)c1OCC(=O)O. The molecular weight excluding hydrogens is 370 g/mol. The lowest BCUT2D eigenvalue weighted by atomic mass is 10.0. The zero-order valence-electron chi connectivity index (χ0n) is 16.9. The number of piperidine rings is 1. The van der Waals surface area contributed by atoms with Crippen LogP contribution in [0.5, 0.6) is 5.75 Å². The second-order valence-corrected chi connectivity index (χ2v) is 7.41. The van der Waals surface area contributed by atoms with Gasteiger partial charge in [-0.3, -0.25) is 4.79 Å². The molecule has 1 N–H and O–H groups in total. The first-order valence-electron chi connectivity index (χ1n) is 9.84. The summed E-state index contributed by atoms with van der Waals surface area (Å²) in [7, 11) is 0. The third kappa shape index (κ3) is 5.57. The van der Waals surface area contributed by atoms with Crippen molar-refractivity contribution >= 4 is 11.9 Å². The Labute approximate surface area is 171 Å². The summed E-state index contributed by atoms with van der Waals surface area (Å²) in [5.74, 6) is -0.513. The molecule has 6 heteroatoms. The third-order valence-electron chi connectivity index (χ3n) is 5.10. The summed E-state index contributed by atoms with van der Waals surface area (Å²) >= 11 is 0. The second-order valence-electron chi connectivity index (χ2n) is 7.41. The van der Waals surface area contributed by atoms with E-state index in [0.717, 1.165) is 29.5 Å². The Hall–Kier alpha value is -2.86. The van der Waals surface area contributed by atoms with Crippen LogP contribution in [0.1, 0.15) is 39.9 Å². The van der Waals surface area contributed by atoms with E-state index in [4.69, 9.17) is 14.6 Å². The van der Waals surface area contributed by atoms with Gasteiger partial charge in [0.1, 0.15) is 5.75 Å². The molecule has 0 radical (unpaired) electrons. The molecule has 1 saturated heterocycles. The highest BCUT2D eigenvalue weighted by molar-refractivity contribution is 5.95. The van der Waals surface area contributed by atoms with Crippen LogP contribution >= 0.6 is 0 Å². The van der Waals surface area contributed by atoms with Gasteiger partial charge in [0.25, 0.3) is 5.91 Å². The Balaban J connectivity index is 1.55. The van der Waals surface area contributed by atoms with Crippen LogP contribution < -0.4 is 4.74 Å². The van der Waals surface area contributed by atoms with Crippen molar-refractivity contribution in [2.24, 2.45) is 0 Å².